The smallest absolute Gasteiger partial charge is 0.282 e. The van der Waals surface area contributed by atoms with Gasteiger partial charge in [-0.05, 0) is 102 Å². The molecule has 4 fully saturated rings. The zero-order valence-corrected chi connectivity index (χ0v) is 30.0. The first kappa shape index (κ1) is 33.5. The number of rotatable bonds is 6. The second-order valence-electron chi connectivity index (χ2n) is 14.6. The fourth-order valence-electron chi connectivity index (χ4n) is 8.26. The SMILES string of the molecule is Cc1cc(N2CC3(CCN(C(=O)c4ccc(C5CC(Nc6cnn(C)c(=O)c6Br)CN(C)C5)cc4)CC3)C2)ccc1C1CCC(=O)NC1=O. The number of hydrogen-bond acceptors (Lipinski definition) is 8. The van der Waals surface area contributed by atoms with Crippen LogP contribution in [0.4, 0.5) is 11.4 Å². The Labute approximate surface area is 295 Å². The molecule has 11 nitrogen and oxygen atoms in total. The van der Waals surface area contributed by atoms with Crippen LogP contribution in [0.15, 0.2) is 57.9 Å². The third-order valence-corrected chi connectivity index (χ3v) is 11.9. The molecular formula is C37H44BrN7O4. The minimum absolute atomic E-state index is 0.0977. The van der Waals surface area contributed by atoms with E-state index in [1.54, 1.807) is 13.2 Å². The van der Waals surface area contributed by atoms with Crippen molar-refractivity contribution in [2.45, 2.75) is 56.9 Å². The molecule has 0 radical (unpaired) electrons. The summed E-state index contributed by atoms with van der Waals surface area (Å²) in [5, 5.41) is 10.2. The van der Waals surface area contributed by atoms with Crippen LogP contribution in [0.3, 0.4) is 0 Å². The monoisotopic (exact) mass is 729 g/mol. The fourth-order valence-corrected chi connectivity index (χ4v) is 8.73. The number of anilines is 2. The maximum atomic E-state index is 13.5. The predicted octanol–water partition coefficient (Wildman–Crippen LogP) is 4.01. The Morgan fingerprint density at radius 3 is 2.45 bits per heavy atom. The number of imide groups is 1. The summed E-state index contributed by atoms with van der Waals surface area (Å²) in [7, 11) is 3.75. The third kappa shape index (κ3) is 6.77. The molecule has 49 heavy (non-hydrogen) atoms. The lowest BCUT2D eigenvalue weighted by Crippen LogP contribution is -2.61. The van der Waals surface area contributed by atoms with Crippen LogP contribution in [0.25, 0.3) is 0 Å². The van der Waals surface area contributed by atoms with Gasteiger partial charge in [0.2, 0.25) is 11.8 Å². The highest BCUT2D eigenvalue weighted by molar-refractivity contribution is 9.10. The van der Waals surface area contributed by atoms with E-state index in [4.69, 9.17) is 0 Å². The van der Waals surface area contributed by atoms with E-state index in [0.717, 1.165) is 75.2 Å². The van der Waals surface area contributed by atoms with Gasteiger partial charge in [0.05, 0.1) is 17.8 Å². The predicted molar refractivity (Wildman–Crippen MR) is 192 cm³/mol. The molecule has 4 saturated heterocycles. The summed E-state index contributed by atoms with van der Waals surface area (Å²) in [4.78, 5) is 56.6. The summed E-state index contributed by atoms with van der Waals surface area (Å²) in [5.41, 5.74) is 5.95. The van der Waals surface area contributed by atoms with Gasteiger partial charge >= 0.3 is 0 Å². The van der Waals surface area contributed by atoms with Gasteiger partial charge in [0.25, 0.3) is 11.5 Å². The van der Waals surface area contributed by atoms with Crippen molar-refractivity contribution in [2.75, 3.05) is 56.5 Å². The molecule has 0 aliphatic carbocycles. The summed E-state index contributed by atoms with van der Waals surface area (Å²) < 4.78 is 1.80. The lowest BCUT2D eigenvalue weighted by atomic mass is 9.71. The zero-order valence-electron chi connectivity index (χ0n) is 28.4. The minimum atomic E-state index is -0.268. The zero-order chi connectivity index (χ0) is 34.4. The van der Waals surface area contributed by atoms with Gasteiger partial charge in [0, 0.05) is 75.4 Å². The van der Waals surface area contributed by atoms with Gasteiger partial charge < -0.3 is 20.0 Å². The summed E-state index contributed by atoms with van der Waals surface area (Å²) in [5.74, 6) is -0.258. The fraction of sp³-hybridized carbons (Fsp3) is 0.486. The number of hydrogen-bond donors (Lipinski definition) is 2. The number of aromatic nitrogens is 2. The molecule has 2 aromatic carbocycles. The average molecular weight is 731 g/mol. The second kappa shape index (κ2) is 13.4. The van der Waals surface area contributed by atoms with E-state index in [9.17, 15) is 19.2 Å². The first-order valence-electron chi connectivity index (χ1n) is 17.2. The molecule has 0 saturated carbocycles. The van der Waals surface area contributed by atoms with Crippen molar-refractivity contribution < 1.29 is 14.4 Å². The van der Waals surface area contributed by atoms with Crippen LogP contribution in [-0.2, 0) is 16.6 Å². The molecule has 1 spiro atoms. The highest BCUT2D eigenvalue weighted by Crippen LogP contribution is 2.43. The van der Waals surface area contributed by atoms with Gasteiger partial charge in [0.15, 0.2) is 0 Å². The molecule has 2 N–H and O–H groups in total. The van der Waals surface area contributed by atoms with E-state index in [1.165, 1.54) is 15.9 Å². The Kier molecular flexibility index (Phi) is 9.12. The molecule has 1 aromatic heterocycles. The average Bonchev–Trinajstić information content (AvgIpc) is 3.07. The number of likely N-dealkylation sites (tertiary alicyclic amines) is 2. The largest absolute Gasteiger partial charge is 0.379 e. The molecule has 3 aromatic rings. The lowest BCUT2D eigenvalue weighted by Gasteiger charge is -2.55. The molecule has 5 heterocycles. The Balaban J connectivity index is 0.917. The number of carbonyl (C=O) groups excluding carboxylic acids is 3. The standard InChI is InChI=1S/C37H44BrN7O4/c1-23-16-28(8-9-29(23)30-10-11-32(46)41-34(30)47)45-21-37(22-45)12-14-44(15-13-37)35(48)25-6-4-24(5-7-25)26-17-27(20-42(2)19-26)40-31-18-39-43(3)36(49)33(31)38/h4-9,16,18,26-27,30,40H,10-15,17,19-22H2,1-3H3,(H,41,46,47). The first-order valence-corrected chi connectivity index (χ1v) is 18.0. The number of amides is 3. The second-order valence-corrected chi connectivity index (χ2v) is 15.4. The topological polar surface area (TPSA) is 120 Å². The van der Waals surface area contributed by atoms with Crippen molar-refractivity contribution >= 4 is 45.0 Å². The van der Waals surface area contributed by atoms with Gasteiger partial charge in [-0.2, -0.15) is 5.10 Å². The van der Waals surface area contributed by atoms with Gasteiger partial charge in [-0.1, -0.05) is 18.2 Å². The Hall–Kier alpha value is -4.03. The van der Waals surface area contributed by atoms with Crippen LogP contribution >= 0.6 is 15.9 Å². The van der Waals surface area contributed by atoms with Crippen molar-refractivity contribution in [2.24, 2.45) is 12.5 Å². The van der Waals surface area contributed by atoms with Gasteiger partial charge in [-0.25, -0.2) is 4.68 Å². The van der Waals surface area contributed by atoms with E-state index in [-0.39, 0.29) is 40.7 Å². The highest BCUT2D eigenvalue weighted by Gasteiger charge is 2.45. The van der Waals surface area contributed by atoms with Gasteiger partial charge in [0.1, 0.15) is 4.47 Å². The third-order valence-electron chi connectivity index (χ3n) is 11.1. The van der Waals surface area contributed by atoms with E-state index < -0.39 is 0 Å². The summed E-state index contributed by atoms with van der Waals surface area (Å²) in [6.45, 7) is 7.30. The minimum Gasteiger partial charge on any atom is -0.379 e. The summed E-state index contributed by atoms with van der Waals surface area (Å²) >= 11 is 3.43. The van der Waals surface area contributed by atoms with Crippen molar-refractivity contribution in [3.63, 3.8) is 0 Å². The molecule has 4 aliphatic rings. The van der Waals surface area contributed by atoms with Crippen LogP contribution in [0.1, 0.15) is 71.0 Å². The molecule has 4 aliphatic heterocycles. The van der Waals surface area contributed by atoms with Crippen LogP contribution in [-0.4, -0.2) is 89.7 Å². The molecule has 3 amide bonds. The number of benzene rings is 2. The number of halogens is 1. The number of piperidine rings is 3. The van der Waals surface area contributed by atoms with E-state index in [0.29, 0.717) is 28.9 Å². The number of nitrogens with zero attached hydrogens (tertiary/aromatic N) is 5. The Morgan fingerprint density at radius 1 is 1.02 bits per heavy atom. The van der Waals surface area contributed by atoms with Crippen LogP contribution in [0.2, 0.25) is 0 Å². The van der Waals surface area contributed by atoms with Crippen molar-refractivity contribution in [3.8, 4) is 0 Å². The van der Waals surface area contributed by atoms with E-state index >= 15 is 0 Å². The van der Waals surface area contributed by atoms with E-state index in [2.05, 4.69) is 78.8 Å². The number of aryl methyl sites for hydroxylation is 2. The molecule has 3 atom stereocenters. The van der Waals surface area contributed by atoms with E-state index in [1.807, 2.05) is 24.0 Å². The van der Waals surface area contributed by atoms with Gasteiger partial charge in [-0.3, -0.25) is 24.5 Å². The Bertz CT molecular complexity index is 1830. The summed E-state index contributed by atoms with van der Waals surface area (Å²) in [6, 6.07) is 14.6. The van der Waals surface area contributed by atoms with Gasteiger partial charge in [-0.15, -0.1) is 0 Å². The maximum Gasteiger partial charge on any atom is 0.282 e. The molecule has 3 unspecified atom stereocenters. The molecular weight excluding hydrogens is 686 g/mol. The van der Waals surface area contributed by atoms with Crippen molar-refractivity contribution in [1.82, 2.24) is 24.9 Å². The molecule has 12 heteroatoms. The highest BCUT2D eigenvalue weighted by atomic mass is 79.9. The normalized spacial score (nSPS) is 24.0. The quantitative estimate of drug-likeness (QED) is 0.366. The maximum absolute atomic E-state index is 13.5. The number of likely N-dealkylation sites (N-methyl/N-ethyl adjacent to an activating group) is 1. The molecule has 258 valence electrons. The van der Waals surface area contributed by atoms with Crippen LogP contribution in [0, 0.1) is 12.3 Å². The number of carbonyl (C=O) groups is 3. The lowest BCUT2D eigenvalue weighted by molar-refractivity contribution is -0.134. The van der Waals surface area contributed by atoms with Crippen LogP contribution in [0.5, 0.6) is 0 Å². The van der Waals surface area contributed by atoms with Crippen LogP contribution < -0.4 is 21.1 Å². The number of nitrogens with one attached hydrogen (secondary N) is 2. The van der Waals surface area contributed by atoms with Crippen molar-refractivity contribution in [3.05, 3.63) is 85.7 Å². The van der Waals surface area contributed by atoms with Crippen molar-refractivity contribution in [1.29, 1.82) is 0 Å². The summed E-state index contributed by atoms with van der Waals surface area (Å²) in [6.07, 6.45) is 5.51. The first-order chi connectivity index (χ1) is 23.5. The molecule has 0 bridgehead atoms. The Morgan fingerprint density at radius 2 is 1.76 bits per heavy atom. The molecule has 7 rings (SSSR count).